The number of benzene rings is 3. The second-order valence-corrected chi connectivity index (χ2v) is 6.90. The molecule has 0 aromatic heterocycles. The maximum absolute atomic E-state index is 13.8. The van der Waals surface area contributed by atoms with Gasteiger partial charge in [-0.1, -0.05) is 54.6 Å². The Bertz CT molecular complexity index is 1150. The SMILES string of the molecule is COc1cc(C=C2C(=O)OC(c3ccccc3)OC2=O)ccc1OCc1ccccc1F. The highest BCUT2D eigenvalue weighted by atomic mass is 19.1. The van der Waals surface area contributed by atoms with Crippen LogP contribution in [-0.2, 0) is 25.7 Å². The van der Waals surface area contributed by atoms with Crippen LogP contribution in [0.1, 0.15) is 23.0 Å². The van der Waals surface area contributed by atoms with Gasteiger partial charge in [-0.15, -0.1) is 0 Å². The summed E-state index contributed by atoms with van der Waals surface area (Å²) in [4.78, 5) is 24.8. The Morgan fingerprint density at radius 1 is 0.906 bits per heavy atom. The van der Waals surface area contributed by atoms with Crippen molar-refractivity contribution in [2.24, 2.45) is 0 Å². The van der Waals surface area contributed by atoms with Crippen molar-refractivity contribution in [2.75, 3.05) is 7.11 Å². The van der Waals surface area contributed by atoms with Crippen molar-refractivity contribution in [3.05, 3.63) is 101 Å². The second kappa shape index (κ2) is 9.34. The van der Waals surface area contributed by atoms with Gasteiger partial charge in [0.05, 0.1) is 7.11 Å². The molecule has 1 heterocycles. The summed E-state index contributed by atoms with van der Waals surface area (Å²) < 4.78 is 35.4. The van der Waals surface area contributed by atoms with E-state index in [1.54, 1.807) is 66.7 Å². The van der Waals surface area contributed by atoms with E-state index in [1.165, 1.54) is 19.3 Å². The predicted octanol–water partition coefficient (Wildman–Crippen LogP) is 4.60. The maximum atomic E-state index is 13.8. The van der Waals surface area contributed by atoms with E-state index in [4.69, 9.17) is 18.9 Å². The lowest BCUT2D eigenvalue weighted by Gasteiger charge is -2.24. The van der Waals surface area contributed by atoms with Crippen molar-refractivity contribution in [1.29, 1.82) is 0 Å². The number of carbonyl (C=O) groups is 2. The predicted molar refractivity (Wildman–Crippen MR) is 113 cm³/mol. The molecule has 1 saturated heterocycles. The average Bonchev–Trinajstić information content (AvgIpc) is 2.81. The van der Waals surface area contributed by atoms with Gasteiger partial charge in [-0.05, 0) is 29.8 Å². The quantitative estimate of drug-likeness (QED) is 0.321. The maximum Gasteiger partial charge on any atom is 0.348 e. The molecule has 0 radical (unpaired) electrons. The highest BCUT2D eigenvalue weighted by molar-refractivity contribution is 6.18. The highest BCUT2D eigenvalue weighted by Gasteiger charge is 2.34. The first kappa shape index (κ1) is 21.1. The molecule has 0 N–H and O–H groups in total. The molecule has 3 aromatic rings. The molecule has 6 nitrogen and oxygen atoms in total. The summed E-state index contributed by atoms with van der Waals surface area (Å²) >= 11 is 0. The number of rotatable bonds is 6. The smallest absolute Gasteiger partial charge is 0.348 e. The number of halogens is 1. The molecule has 4 rings (SSSR count). The first-order valence-corrected chi connectivity index (χ1v) is 9.78. The lowest BCUT2D eigenvalue weighted by molar-refractivity contribution is -0.195. The number of carbonyl (C=O) groups excluding carboxylic acids is 2. The summed E-state index contributed by atoms with van der Waals surface area (Å²) in [5.41, 5.74) is 1.23. The fourth-order valence-corrected chi connectivity index (χ4v) is 3.12. The molecule has 7 heteroatoms. The minimum Gasteiger partial charge on any atom is -0.493 e. The van der Waals surface area contributed by atoms with Crippen LogP contribution in [0.5, 0.6) is 11.5 Å². The van der Waals surface area contributed by atoms with Crippen LogP contribution in [0.15, 0.2) is 78.4 Å². The Hall–Kier alpha value is -4.13. The Kier molecular flexibility index (Phi) is 6.17. The first-order valence-electron chi connectivity index (χ1n) is 9.78. The second-order valence-electron chi connectivity index (χ2n) is 6.90. The number of methoxy groups -OCH3 is 1. The van der Waals surface area contributed by atoms with E-state index >= 15 is 0 Å². The van der Waals surface area contributed by atoms with Crippen molar-refractivity contribution in [3.8, 4) is 11.5 Å². The summed E-state index contributed by atoms with van der Waals surface area (Å²) in [5.74, 6) is -1.19. The number of cyclic esters (lactones) is 2. The lowest BCUT2D eigenvalue weighted by Crippen LogP contribution is -2.29. The molecular weight excluding hydrogens is 415 g/mol. The molecule has 0 amide bonds. The normalized spacial score (nSPS) is 15.6. The van der Waals surface area contributed by atoms with E-state index in [-0.39, 0.29) is 18.0 Å². The van der Waals surface area contributed by atoms with E-state index in [0.717, 1.165) is 0 Å². The standard InChI is InChI=1S/C25H19FO6/c1-29-22-14-16(11-12-21(22)30-15-18-9-5-6-10-20(18)26)13-19-23(27)31-25(32-24(19)28)17-7-3-2-4-8-17/h2-14,25H,15H2,1H3. The summed E-state index contributed by atoms with van der Waals surface area (Å²) in [5, 5.41) is 0. The summed E-state index contributed by atoms with van der Waals surface area (Å²) in [6.45, 7) is 0.0169. The number of esters is 2. The van der Waals surface area contributed by atoms with Crippen LogP contribution >= 0.6 is 0 Å². The molecule has 162 valence electrons. The topological polar surface area (TPSA) is 71.1 Å². The van der Waals surface area contributed by atoms with Gasteiger partial charge in [0.2, 0.25) is 0 Å². The molecule has 0 spiro atoms. The van der Waals surface area contributed by atoms with Gasteiger partial charge in [-0.25, -0.2) is 14.0 Å². The lowest BCUT2D eigenvalue weighted by atomic mass is 10.1. The van der Waals surface area contributed by atoms with Gasteiger partial charge in [-0.3, -0.25) is 0 Å². The van der Waals surface area contributed by atoms with Crippen LogP contribution in [-0.4, -0.2) is 19.0 Å². The van der Waals surface area contributed by atoms with Crippen LogP contribution in [0.3, 0.4) is 0 Å². The van der Waals surface area contributed by atoms with E-state index < -0.39 is 18.2 Å². The molecule has 3 aromatic carbocycles. The highest BCUT2D eigenvalue weighted by Crippen LogP contribution is 2.32. The zero-order chi connectivity index (χ0) is 22.5. The van der Waals surface area contributed by atoms with Gasteiger partial charge in [-0.2, -0.15) is 0 Å². The summed E-state index contributed by atoms with van der Waals surface area (Å²) in [6, 6.07) is 19.9. The first-order chi connectivity index (χ1) is 15.5. The van der Waals surface area contributed by atoms with Crippen molar-refractivity contribution in [3.63, 3.8) is 0 Å². The average molecular weight is 434 g/mol. The zero-order valence-corrected chi connectivity index (χ0v) is 17.1. The molecule has 32 heavy (non-hydrogen) atoms. The van der Waals surface area contributed by atoms with Crippen LogP contribution in [0.2, 0.25) is 0 Å². The third-order valence-electron chi connectivity index (χ3n) is 4.78. The fraction of sp³-hybridized carbons (Fsp3) is 0.120. The third kappa shape index (κ3) is 4.62. The van der Waals surface area contributed by atoms with Crippen LogP contribution in [0.25, 0.3) is 6.08 Å². The molecule has 0 bridgehead atoms. The number of hydrogen-bond acceptors (Lipinski definition) is 6. The number of ether oxygens (including phenoxy) is 4. The Morgan fingerprint density at radius 3 is 2.28 bits per heavy atom. The Morgan fingerprint density at radius 2 is 1.59 bits per heavy atom. The molecule has 0 saturated carbocycles. The van der Waals surface area contributed by atoms with Gasteiger partial charge in [0, 0.05) is 11.1 Å². The Labute approximate surface area is 183 Å². The van der Waals surface area contributed by atoms with E-state index in [9.17, 15) is 14.0 Å². The molecule has 0 aliphatic carbocycles. The van der Waals surface area contributed by atoms with E-state index in [2.05, 4.69) is 0 Å². The molecule has 0 unspecified atom stereocenters. The minimum absolute atomic E-state index is 0.0169. The van der Waals surface area contributed by atoms with Crippen molar-refractivity contribution in [1.82, 2.24) is 0 Å². The molecular formula is C25H19FO6. The van der Waals surface area contributed by atoms with Crippen molar-refractivity contribution >= 4 is 18.0 Å². The van der Waals surface area contributed by atoms with Crippen molar-refractivity contribution < 1.29 is 32.9 Å². The molecule has 1 aliphatic heterocycles. The molecule has 1 aliphatic rings. The van der Waals surface area contributed by atoms with Crippen LogP contribution < -0.4 is 9.47 Å². The minimum atomic E-state index is -1.09. The van der Waals surface area contributed by atoms with Gasteiger partial charge in [0.25, 0.3) is 6.29 Å². The number of hydrogen-bond donors (Lipinski definition) is 0. The molecule has 1 fully saturated rings. The van der Waals surface area contributed by atoms with Gasteiger partial charge in [0.1, 0.15) is 18.0 Å². The zero-order valence-electron chi connectivity index (χ0n) is 17.1. The van der Waals surface area contributed by atoms with Crippen LogP contribution in [0, 0.1) is 5.82 Å². The van der Waals surface area contributed by atoms with Crippen molar-refractivity contribution in [2.45, 2.75) is 12.9 Å². The Balaban J connectivity index is 1.50. The third-order valence-corrected chi connectivity index (χ3v) is 4.78. The van der Waals surface area contributed by atoms with Gasteiger partial charge >= 0.3 is 11.9 Å². The summed E-state index contributed by atoms with van der Waals surface area (Å²) in [7, 11) is 1.45. The largest absolute Gasteiger partial charge is 0.493 e. The fourth-order valence-electron chi connectivity index (χ4n) is 3.12. The summed E-state index contributed by atoms with van der Waals surface area (Å²) in [6.07, 6.45) is 0.270. The van der Waals surface area contributed by atoms with Gasteiger partial charge < -0.3 is 18.9 Å². The van der Waals surface area contributed by atoms with E-state index in [1.807, 2.05) is 0 Å². The van der Waals surface area contributed by atoms with Gasteiger partial charge in [0.15, 0.2) is 11.5 Å². The van der Waals surface area contributed by atoms with Crippen LogP contribution in [0.4, 0.5) is 4.39 Å². The monoisotopic (exact) mass is 434 g/mol. The van der Waals surface area contributed by atoms with E-state index in [0.29, 0.717) is 28.2 Å². The molecule has 0 atom stereocenters.